The van der Waals surface area contributed by atoms with Gasteiger partial charge in [0.15, 0.2) is 11.9 Å². The Balaban J connectivity index is 1.48. The smallest absolute Gasteiger partial charge is 0.387 e. The Morgan fingerprint density at radius 2 is 1.94 bits per heavy atom. The lowest BCUT2D eigenvalue weighted by Crippen LogP contribution is -2.41. The average Bonchev–Trinajstić information content (AvgIpc) is 3.62. The molecule has 0 saturated heterocycles. The van der Waals surface area contributed by atoms with E-state index in [0.717, 1.165) is 23.7 Å². The minimum Gasteiger partial charge on any atom is -0.387 e. The highest BCUT2D eigenvalue weighted by Gasteiger charge is 2.38. The molecule has 1 aliphatic rings. The van der Waals surface area contributed by atoms with E-state index in [1.54, 1.807) is 6.20 Å². The molecule has 16 heteroatoms. The first-order valence-corrected chi connectivity index (χ1v) is 10.5. The maximum atomic E-state index is 12.7. The van der Waals surface area contributed by atoms with Crippen molar-refractivity contribution < 1.29 is 32.6 Å². The number of alkyl halides is 3. The van der Waals surface area contributed by atoms with Crippen molar-refractivity contribution >= 4 is 29.2 Å². The molecule has 190 valence electrons. The Morgan fingerprint density at radius 3 is 2.61 bits per heavy atom. The third-order valence-corrected chi connectivity index (χ3v) is 4.99. The van der Waals surface area contributed by atoms with Crippen molar-refractivity contribution in [1.29, 1.82) is 0 Å². The molecule has 1 aliphatic carbocycles. The van der Waals surface area contributed by atoms with Crippen LogP contribution in [0.25, 0.3) is 0 Å². The lowest BCUT2D eigenvalue weighted by molar-refractivity contribution is -0.201. The number of aromatic nitrogens is 6. The highest BCUT2D eigenvalue weighted by molar-refractivity contribution is 6.01. The van der Waals surface area contributed by atoms with Crippen molar-refractivity contribution in [3.8, 4) is 5.88 Å². The summed E-state index contributed by atoms with van der Waals surface area (Å²) in [6.45, 7) is -1.08. The molecule has 13 nitrogen and oxygen atoms in total. The van der Waals surface area contributed by atoms with Crippen LogP contribution in [0.2, 0.25) is 0 Å². The summed E-state index contributed by atoms with van der Waals surface area (Å²) in [6.07, 6.45) is 0.107. The van der Waals surface area contributed by atoms with Gasteiger partial charge in [0.1, 0.15) is 12.0 Å². The van der Waals surface area contributed by atoms with Gasteiger partial charge in [0, 0.05) is 13.0 Å². The Labute approximate surface area is 201 Å². The number of hydrogen-bond donors (Lipinski definition) is 4. The maximum Gasteiger partial charge on any atom is 0.418 e. The van der Waals surface area contributed by atoms with Crippen LogP contribution in [0.1, 0.15) is 34.9 Å². The zero-order valence-corrected chi connectivity index (χ0v) is 18.7. The van der Waals surface area contributed by atoms with Gasteiger partial charge in [-0.2, -0.15) is 18.3 Å². The maximum absolute atomic E-state index is 12.7. The van der Waals surface area contributed by atoms with Crippen LogP contribution in [0.5, 0.6) is 5.88 Å². The topological polar surface area (TPSA) is 169 Å². The predicted molar refractivity (Wildman–Crippen MR) is 117 cm³/mol. The third-order valence-electron chi connectivity index (χ3n) is 4.99. The fourth-order valence-electron chi connectivity index (χ4n) is 3.03. The quantitative estimate of drug-likeness (QED) is 0.353. The van der Waals surface area contributed by atoms with Crippen molar-refractivity contribution in [2.45, 2.75) is 31.0 Å². The van der Waals surface area contributed by atoms with Crippen molar-refractivity contribution in [3.05, 3.63) is 42.5 Å². The first-order valence-electron chi connectivity index (χ1n) is 10.5. The van der Waals surface area contributed by atoms with E-state index in [2.05, 4.69) is 35.7 Å². The van der Waals surface area contributed by atoms with Gasteiger partial charge in [-0.1, -0.05) is 0 Å². The second-order valence-corrected chi connectivity index (χ2v) is 7.79. The minimum atomic E-state index is -4.90. The van der Waals surface area contributed by atoms with E-state index in [0.29, 0.717) is 11.4 Å². The number of nitrogens with zero attached hydrogens (tertiary/aromatic N) is 6. The van der Waals surface area contributed by atoms with Gasteiger partial charge in [-0.15, -0.1) is 0 Å². The summed E-state index contributed by atoms with van der Waals surface area (Å²) in [5.74, 6) is -0.841. The SMILES string of the molecule is Cn1ncc(NC(=O)Oc2nc(C3CC3)cnc2Nc2cncnc2)c1C(=O)NCC(O)C(F)(F)F. The van der Waals surface area contributed by atoms with Crippen LogP contribution in [0.4, 0.5) is 35.2 Å². The van der Waals surface area contributed by atoms with Crippen molar-refractivity contribution in [2.24, 2.45) is 7.05 Å². The van der Waals surface area contributed by atoms with Crippen LogP contribution in [-0.2, 0) is 7.05 Å². The van der Waals surface area contributed by atoms with Gasteiger partial charge in [-0.05, 0) is 12.8 Å². The lowest BCUT2D eigenvalue weighted by Gasteiger charge is -2.15. The van der Waals surface area contributed by atoms with Gasteiger partial charge in [0.25, 0.3) is 11.8 Å². The van der Waals surface area contributed by atoms with Crippen molar-refractivity contribution in [3.63, 3.8) is 0 Å². The second kappa shape index (κ2) is 10.1. The second-order valence-electron chi connectivity index (χ2n) is 7.79. The number of halogens is 3. The summed E-state index contributed by atoms with van der Waals surface area (Å²) < 4.78 is 43.9. The molecule has 3 heterocycles. The third kappa shape index (κ3) is 6.01. The molecule has 4 rings (SSSR count). The molecule has 0 aliphatic heterocycles. The molecule has 1 atom stereocenters. The highest BCUT2D eigenvalue weighted by Crippen LogP contribution is 2.40. The molecular formula is C20H20F3N9O4. The van der Waals surface area contributed by atoms with Gasteiger partial charge in [-0.3, -0.25) is 14.8 Å². The summed E-state index contributed by atoms with van der Waals surface area (Å²) in [7, 11) is 1.35. The first kappa shape index (κ1) is 24.8. The Morgan fingerprint density at radius 1 is 1.22 bits per heavy atom. The standard InChI is InChI=1S/C20H20F3N9O4/c1-32-15(17(34)27-8-14(33)20(21,22)23)13(7-28-32)31-19(35)36-18-16(29-11-4-24-9-25-5-11)26-6-12(30-18)10-2-3-10/h4-7,9-10,14,33H,2-3,8H2,1H3,(H,26,29)(H,27,34)(H,31,35). The predicted octanol–water partition coefficient (Wildman–Crippen LogP) is 1.88. The molecule has 1 unspecified atom stereocenters. The van der Waals surface area contributed by atoms with E-state index in [1.807, 2.05) is 5.32 Å². The van der Waals surface area contributed by atoms with Crippen LogP contribution in [0, 0.1) is 0 Å². The van der Waals surface area contributed by atoms with E-state index in [1.165, 1.54) is 25.8 Å². The molecule has 0 radical (unpaired) electrons. The monoisotopic (exact) mass is 507 g/mol. The largest absolute Gasteiger partial charge is 0.418 e. The Kier molecular flexibility index (Phi) is 6.96. The number of rotatable bonds is 8. The molecule has 0 bridgehead atoms. The lowest BCUT2D eigenvalue weighted by atomic mass is 10.3. The number of aliphatic hydroxyl groups is 1. The minimum absolute atomic E-state index is 0.106. The molecular weight excluding hydrogens is 487 g/mol. The highest BCUT2D eigenvalue weighted by atomic mass is 19.4. The summed E-state index contributed by atoms with van der Waals surface area (Å²) >= 11 is 0. The molecule has 1 saturated carbocycles. The summed E-state index contributed by atoms with van der Waals surface area (Å²) in [6, 6.07) is 0. The number of hydrogen-bond acceptors (Lipinski definition) is 10. The first-order chi connectivity index (χ1) is 17.1. The van der Waals surface area contributed by atoms with E-state index in [4.69, 9.17) is 9.84 Å². The zero-order valence-electron chi connectivity index (χ0n) is 18.7. The van der Waals surface area contributed by atoms with Crippen LogP contribution in [0.15, 0.2) is 31.1 Å². The van der Waals surface area contributed by atoms with E-state index in [-0.39, 0.29) is 29.0 Å². The molecule has 0 spiro atoms. The van der Waals surface area contributed by atoms with Gasteiger partial charge in [0.2, 0.25) is 0 Å². The van der Waals surface area contributed by atoms with Gasteiger partial charge in [0.05, 0.1) is 48.4 Å². The summed E-state index contributed by atoms with van der Waals surface area (Å²) in [5.41, 5.74) is 0.693. The Bertz CT molecular complexity index is 1250. The number of aryl methyl sites for hydroxylation is 1. The molecule has 3 aromatic heterocycles. The number of ether oxygens (including phenoxy) is 1. The number of anilines is 3. The molecule has 1 fully saturated rings. The van der Waals surface area contributed by atoms with Gasteiger partial charge >= 0.3 is 12.3 Å². The van der Waals surface area contributed by atoms with E-state index < -0.39 is 30.8 Å². The molecule has 2 amide bonds. The van der Waals surface area contributed by atoms with Crippen molar-refractivity contribution in [1.82, 2.24) is 35.0 Å². The number of amides is 2. The number of carbonyl (C=O) groups is 2. The van der Waals surface area contributed by atoms with Crippen LogP contribution >= 0.6 is 0 Å². The van der Waals surface area contributed by atoms with E-state index >= 15 is 0 Å². The Hall–Kier alpha value is -4.34. The molecule has 0 aromatic carbocycles. The van der Waals surface area contributed by atoms with Crippen LogP contribution in [-0.4, -0.2) is 65.6 Å². The van der Waals surface area contributed by atoms with Crippen LogP contribution < -0.4 is 20.7 Å². The fourth-order valence-corrected chi connectivity index (χ4v) is 3.03. The van der Waals surface area contributed by atoms with Gasteiger partial charge < -0.3 is 20.5 Å². The van der Waals surface area contributed by atoms with Gasteiger partial charge in [-0.25, -0.2) is 24.7 Å². The fraction of sp³-hybridized carbons (Fsp3) is 0.350. The molecule has 4 N–H and O–H groups in total. The summed E-state index contributed by atoms with van der Waals surface area (Å²) in [5, 5.41) is 20.1. The number of aliphatic hydroxyl groups excluding tert-OH is 1. The molecule has 3 aromatic rings. The van der Waals surface area contributed by atoms with Crippen molar-refractivity contribution in [2.75, 3.05) is 17.2 Å². The molecule has 36 heavy (non-hydrogen) atoms. The average molecular weight is 507 g/mol. The normalized spacial score (nSPS) is 14.1. The zero-order chi connectivity index (χ0) is 25.9. The number of carbonyl (C=O) groups excluding carboxylic acids is 2. The number of nitrogens with one attached hydrogen (secondary N) is 3. The van der Waals surface area contributed by atoms with E-state index in [9.17, 15) is 22.8 Å². The summed E-state index contributed by atoms with van der Waals surface area (Å²) in [4.78, 5) is 41.5. The van der Waals surface area contributed by atoms with Crippen LogP contribution in [0.3, 0.4) is 0 Å².